The van der Waals surface area contributed by atoms with Gasteiger partial charge in [0.1, 0.15) is 11.6 Å². The van der Waals surface area contributed by atoms with Crippen LogP contribution in [0.4, 0.5) is 14.5 Å². The van der Waals surface area contributed by atoms with Crippen molar-refractivity contribution in [3.63, 3.8) is 0 Å². The Morgan fingerprint density at radius 2 is 2.00 bits per heavy atom. The molecular weight excluding hydrogens is 296 g/mol. The Balaban J connectivity index is 2.29. The van der Waals surface area contributed by atoms with E-state index in [1.807, 2.05) is 26.0 Å². The van der Waals surface area contributed by atoms with Crippen molar-refractivity contribution in [1.82, 2.24) is 0 Å². The summed E-state index contributed by atoms with van der Waals surface area (Å²) >= 11 is 1.59. The summed E-state index contributed by atoms with van der Waals surface area (Å²) in [6.07, 6.45) is 0. The summed E-state index contributed by atoms with van der Waals surface area (Å²) < 4.78 is 31.9. The van der Waals surface area contributed by atoms with Crippen LogP contribution in [0.5, 0.6) is 0 Å². The van der Waals surface area contributed by atoms with Gasteiger partial charge in [0.05, 0.1) is 24.4 Å². The molecule has 1 N–H and O–H groups in total. The molecule has 0 aliphatic carbocycles. The van der Waals surface area contributed by atoms with E-state index < -0.39 is 17.6 Å². The van der Waals surface area contributed by atoms with Crippen LogP contribution >= 0.6 is 11.3 Å². The molecule has 2 rings (SSSR count). The van der Waals surface area contributed by atoms with Crippen LogP contribution in [-0.2, 0) is 4.74 Å². The zero-order chi connectivity index (χ0) is 15.6. The lowest BCUT2D eigenvalue weighted by atomic mass is 10.1. The molecule has 112 valence electrons. The number of esters is 1. The highest BCUT2D eigenvalue weighted by atomic mass is 32.1. The molecule has 1 aromatic carbocycles. The SMILES string of the molecule is COC(=O)c1cc(NC(C)c2ccc(C)s2)c(F)cc1F. The number of rotatable bonds is 4. The summed E-state index contributed by atoms with van der Waals surface area (Å²) in [6.45, 7) is 3.85. The minimum absolute atomic E-state index is 0.0651. The molecule has 0 amide bonds. The first-order valence-electron chi connectivity index (χ1n) is 6.32. The molecule has 1 heterocycles. The second-order valence-corrected chi connectivity index (χ2v) is 5.94. The van der Waals surface area contributed by atoms with Crippen molar-refractivity contribution in [2.24, 2.45) is 0 Å². The highest BCUT2D eigenvalue weighted by Gasteiger charge is 2.18. The van der Waals surface area contributed by atoms with Gasteiger partial charge in [0, 0.05) is 15.8 Å². The van der Waals surface area contributed by atoms with Gasteiger partial charge in [-0.25, -0.2) is 13.6 Å². The number of carbonyl (C=O) groups is 1. The fraction of sp³-hybridized carbons (Fsp3) is 0.267. The molecule has 1 unspecified atom stereocenters. The number of methoxy groups -OCH3 is 1. The summed E-state index contributed by atoms with van der Waals surface area (Å²) in [5.74, 6) is -2.53. The Morgan fingerprint density at radius 1 is 1.29 bits per heavy atom. The maximum Gasteiger partial charge on any atom is 0.340 e. The highest BCUT2D eigenvalue weighted by Crippen LogP contribution is 2.28. The standard InChI is InChI=1S/C15H15F2NO2S/c1-8-4-5-14(21-8)9(2)18-13-6-10(15(19)20-3)11(16)7-12(13)17/h4-7,9,18H,1-3H3. The number of anilines is 1. The summed E-state index contributed by atoms with van der Waals surface area (Å²) in [7, 11) is 1.15. The first kappa shape index (κ1) is 15.4. The minimum atomic E-state index is -0.940. The average molecular weight is 311 g/mol. The normalized spacial score (nSPS) is 12.0. The Labute approximate surface area is 125 Å². The van der Waals surface area contributed by atoms with E-state index in [1.165, 1.54) is 0 Å². The first-order chi connectivity index (χ1) is 9.92. The Morgan fingerprint density at radius 3 is 2.57 bits per heavy atom. The van der Waals surface area contributed by atoms with Crippen molar-refractivity contribution in [3.8, 4) is 0 Å². The highest BCUT2D eigenvalue weighted by molar-refractivity contribution is 7.12. The van der Waals surface area contributed by atoms with Gasteiger partial charge in [-0.3, -0.25) is 0 Å². The third-order valence-corrected chi connectivity index (χ3v) is 4.21. The van der Waals surface area contributed by atoms with E-state index in [4.69, 9.17) is 0 Å². The van der Waals surface area contributed by atoms with Gasteiger partial charge < -0.3 is 10.1 Å². The lowest BCUT2D eigenvalue weighted by molar-refractivity contribution is 0.0595. The summed E-state index contributed by atoms with van der Waals surface area (Å²) in [4.78, 5) is 13.6. The number of hydrogen-bond acceptors (Lipinski definition) is 4. The van der Waals surface area contributed by atoms with Crippen LogP contribution in [-0.4, -0.2) is 13.1 Å². The molecule has 0 radical (unpaired) electrons. The van der Waals surface area contributed by atoms with Crippen LogP contribution in [0.1, 0.15) is 33.1 Å². The number of nitrogens with one attached hydrogen (secondary N) is 1. The molecule has 2 aromatic rings. The molecular formula is C15H15F2NO2S. The molecule has 0 aliphatic heterocycles. The van der Waals surface area contributed by atoms with Crippen molar-refractivity contribution in [3.05, 3.63) is 51.2 Å². The van der Waals surface area contributed by atoms with Gasteiger partial charge in [0.2, 0.25) is 0 Å². The topological polar surface area (TPSA) is 38.3 Å². The molecule has 0 saturated heterocycles. The molecule has 3 nitrogen and oxygen atoms in total. The second-order valence-electron chi connectivity index (χ2n) is 4.62. The van der Waals surface area contributed by atoms with E-state index >= 15 is 0 Å². The van der Waals surface area contributed by atoms with E-state index in [1.54, 1.807) is 11.3 Å². The lowest BCUT2D eigenvalue weighted by Crippen LogP contribution is -2.10. The zero-order valence-corrected chi connectivity index (χ0v) is 12.7. The summed E-state index contributed by atoms with van der Waals surface area (Å²) in [6, 6.07) is 5.57. The van der Waals surface area contributed by atoms with Crippen molar-refractivity contribution in [2.75, 3.05) is 12.4 Å². The van der Waals surface area contributed by atoms with Crippen LogP contribution in [0.3, 0.4) is 0 Å². The van der Waals surface area contributed by atoms with Crippen molar-refractivity contribution in [2.45, 2.75) is 19.9 Å². The van der Waals surface area contributed by atoms with Gasteiger partial charge in [-0.1, -0.05) is 0 Å². The molecule has 6 heteroatoms. The quantitative estimate of drug-likeness (QED) is 0.856. The van der Waals surface area contributed by atoms with Crippen molar-refractivity contribution in [1.29, 1.82) is 0 Å². The van der Waals surface area contributed by atoms with Gasteiger partial charge in [0.15, 0.2) is 0 Å². The number of hydrogen-bond donors (Lipinski definition) is 1. The Kier molecular flexibility index (Phi) is 4.57. The maximum absolute atomic E-state index is 13.8. The number of ether oxygens (including phenoxy) is 1. The van der Waals surface area contributed by atoms with Crippen molar-refractivity contribution < 1.29 is 18.3 Å². The van der Waals surface area contributed by atoms with E-state index in [-0.39, 0.29) is 17.3 Å². The van der Waals surface area contributed by atoms with E-state index in [9.17, 15) is 13.6 Å². The molecule has 1 aromatic heterocycles. The average Bonchev–Trinajstić information content (AvgIpc) is 2.87. The largest absolute Gasteiger partial charge is 0.465 e. The number of halogens is 2. The van der Waals surface area contributed by atoms with Crippen LogP contribution < -0.4 is 5.32 Å². The lowest BCUT2D eigenvalue weighted by Gasteiger charge is -2.15. The van der Waals surface area contributed by atoms with Gasteiger partial charge in [-0.2, -0.15) is 0 Å². The van der Waals surface area contributed by atoms with E-state index in [0.29, 0.717) is 6.07 Å². The van der Waals surface area contributed by atoms with Crippen LogP contribution in [0.25, 0.3) is 0 Å². The molecule has 0 aliphatic rings. The van der Waals surface area contributed by atoms with Crippen LogP contribution in [0, 0.1) is 18.6 Å². The number of carbonyl (C=O) groups excluding carboxylic acids is 1. The monoisotopic (exact) mass is 311 g/mol. The third-order valence-electron chi connectivity index (χ3n) is 3.02. The van der Waals surface area contributed by atoms with Crippen molar-refractivity contribution >= 4 is 23.0 Å². The molecule has 0 fully saturated rings. The number of thiophene rings is 1. The van der Waals surface area contributed by atoms with Gasteiger partial charge in [0.25, 0.3) is 0 Å². The second kappa shape index (κ2) is 6.22. The van der Waals surface area contributed by atoms with Gasteiger partial charge in [-0.15, -0.1) is 11.3 Å². The molecule has 21 heavy (non-hydrogen) atoms. The number of aryl methyl sites for hydroxylation is 1. The predicted octanol–water partition coefficient (Wildman–Crippen LogP) is 4.29. The molecule has 0 bridgehead atoms. The van der Waals surface area contributed by atoms with Gasteiger partial charge in [-0.05, 0) is 32.0 Å². The third kappa shape index (κ3) is 3.39. The van der Waals surface area contributed by atoms with E-state index in [0.717, 1.165) is 22.9 Å². The van der Waals surface area contributed by atoms with Crippen LogP contribution in [0.2, 0.25) is 0 Å². The number of benzene rings is 1. The van der Waals surface area contributed by atoms with Gasteiger partial charge >= 0.3 is 5.97 Å². The maximum atomic E-state index is 13.8. The molecule has 1 atom stereocenters. The summed E-state index contributed by atoms with van der Waals surface area (Å²) in [5.41, 5.74) is -0.230. The fourth-order valence-corrected chi connectivity index (χ4v) is 2.80. The smallest absolute Gasteiger partial charge is 0.340 e. The Bertz CT molecular complexity index is 670. The van der Waals surface area contributed by atoms with Crippen LogP contribution in [0.15, 0.2) is 24.3 Å². The molecule has 0 saturated carbocycles. The Hall–Kier alpha value is -1.95. The van der Waals surface area contributed by atoms with E-state index in [2.05, 4.69) is 10.1 Å². The first-order valence-corrected chi connectivity index (χ1v) is 7.14. The minimum Gasteiger partial charge on any atom is -0.465 e. The zero-order valence-electron chi connectivity index (χ0n) is 11.9. The predicted molar refractivity (Wildman–Crippen MR) is 78.8 cm³/mol. The fourth-order valence-electron chi connectivity index (χ4n) is 1.92. The summed E-state index contributed by atoms with van der Waals surface area (Å²) in [5, 5.41) is 2.95. The molecule has 0 spiro atoms.